The lowest BCUT2D eigenvalue weighted by atomic mass is 9.71. The topological polar surface area (TPSA) is 111 Å². The van der Waals surface area contributed by atoms with Gasteiger partial charge in [-0.3, -0.25) is 9.48 Å². The molecule has 2 saturated heterocycles. The van der Waals surface area contributed by atoms with E-state index in [-0.39, 0.29) is 17.9 Å². The number of aromatic nitrogens is 5. The lowest BCUT2D eigenvalue weighted by molar-refractivity contribution is -0.133. The fraction of sp³-hybridized carbons (Fsp3) is 0.370. The van der Waals surface area contributed by atoms with E-state index in [1.165, 1.54) is 0 Å². The summed E-state index contributed by atoms with van der Waals surface area (Å²) in [5.41, 5.74) is 3.25. The summed E-state index contributed by atoms with van der Waals surface area (Å²) < 4.78 is 3.38. The second kappa shape index (κ2) is 10.2. The zero-order valence-electron chi connectivity index (χ0n) is 21.7. The summed E-state index contributed by atoms with van der Waals surface area (Å²) in [6.45, 7) is 4.85. The molecule has 39 heavy (non-hydrogen) atoms. The number of anilines is 3. The molecule has 5 heterocycles. The minimum atomic E-state index is -0.247. The molecule has 0 aliphatic carbocycles. The van der Waals surface area contributed by atoms with Gasteiger partial charge in [0.25, 0.3) is 0 Å². The van der Waals surface area contributed by atoms with Crippen molar-refractivity contribution in [3.05, 3.63) is 65.6 Å². The van der Waals surface area contributed by atoms with Gasteiger partial charge >= 0.3 is 0 Å². The Hall–Kier alpha value is -4.14. The largest absolute Gasteiger partial charge is 0.366 e. The molecule has 0 unspecified atom stereocenters. The Morgan fingerprint density at radius 2 is 1.92 bits per heavy atom. The average Bonchev–Trinajstić information content (AvgIpc) is 3.53. The van der Waals surface area contributed by atoms with E-state index in [1.807, 2.05) is 47.5 Å². The highest BCUT2D eigenvalue weighted by Crippen LogP contribution is 2.41. The third-order valence-electron chi connectivity index (χ3n) is 7.59. The van der Waals surface area contributed by atoms with E-state index in [2.05, 4.69) is 38.4 Å². The van der Waals surface area contributed by atoms with E-state index >= 15 is 0 Å². The number of halogens is 1. The van der Waals surface area contributed by atoms with Crippen LogP contribution in [0.15, 0.2) is 55.0 Å². The third-order valence-corrected chi connectivity index (χ3v) is 7.84. The summed E-state index contributed by atoms with van der Waals surface area (Å²) in [7, 11) is 2.07. The van der Waals surface area contributed by atoms with Crippen LogP contribution in [0.3, 0.4) is 0 Å². The number of pyridine rings is 1. The predicted molar refractivity (Wildman–Crippen MR) is 148 cm³/mol. The number of carbonyl (C=O) groups excluding carboxylic acids is 1. The summed E-state index contributed by atoms with van der Waals surface area (Å²) in [5, 5.41) is 22.3. The molecule has 6 rings (SSSR count). The van der Waals surface area contributed by atoms with Gasteiger partial charge in [0.1, 0.15) is 6.54 Å². The van der Waals surface area contributed by atoms with Crippen LogP contribution in [0.2, 0.25) is 5.02 Å². The van der Waals surface area contributed by atoms with Crippen LogP contribution in [0.25, 0.3) is 5.65 Å². The SMILES string of the molecule is CN1CCN(C(=O)Cn2cc(Nc3nc4c(N5CC(CC#N)(c6ccc(Cl)cc6)C5)cccn4n3)cn2)CC1. The molecule has 200 valence electrons. The van der Waals surface area contributed by atoms with Gasteiger partial charge in [-0.05, 0) is 36.9 Å². The summed E-state index contributed by atoms with van der Waals surface area (Å²) in [6.07, 6.45) is 5.74. The van der Waals surface area contributed by atoms with Gasteiger partial charge in [0, 0.05) is 68.5 Å². The minimum Gasteiger partial charge on any atom is -0.366 e. The molecule has 3 aromatic heterocycles. The Labute approximate surface area is 231 Å². The number of nitrogens with zero attached hydrogens (tertiary/aromatic N) is 9. The molecule has 0 bridgehead atoms. The molecule has 12 heteroatoms. The zero-order valence-corrected chi connectivity index (χ0v) is 22.4. The first-order chi connectivity index (χ1) is 18.9. The Balaban J connectivity index is 1.14. The van der Waals surface area contributed by atoms with Gasteiger partial charge in [-0.1, -0.05) is 23.7 Å². The van der Waals surface area contributed by atoms with Gasteiger partial charge in [-0.25, -0.2) is 4.52 Å². The van der Waals surface area contributed by atoms with Gasteiger partial charge in [-0.2, -0.15) is 15.3 Å². The van der Waals surface area contributed by atoms with Gasteiger partial charge in [-0.15, -0.1) is 5.10 Å². The standard InChI is InChI=1S/C27H29ClN10O/c1-34-11-13-35(14-12-34)24(39)17-37-16-22(15-30-37)31-26-32-25-23(3-2-10-38(25)33-26)36-18-27(19-36,8-9-29)20-4-6-21(28)7-5-20/h2-7,10,15-16H,8,11-14,17-19H2,1H3,(H,31,33). The van der Waals surface area contributed by atoms with Crippen LogP contribution in [-0.4, -0.2) is 86.4 Å². The lowest BCUT2D eigenvalue weighted by Gasteiger charge is -2.50. The molecule has 0 atom stereocenters. The van der Waals surface area contributed by atoms with Crippen molar-refractivity contribution in [3.63, 3.8) is 0 Å². The molecule has 1 amide bonds. The summed E-state index contributed by atoms with van der Waals surface area (Å²) in [4.78, 5) is 23.7. The Kier molecular flexibility index (Phi) is 6.58. The number of nitrogens with one attached hydrogen (secondary N) is 1. The fourth-order valence-corrected chi connectivity index (χ4v) is 5.46. The number of hydrogen-bond acceptors (Lipinski definition) is 8. The first-order valence-corrected chi connectivity index (χ1v) is 13.3. The monoisotopic (exact) mass is 544 g/mol. The molecule has 11 nitrogen and oxygen atoms in total. The van der Waals surface area contributed by atoms with Crippen molar-refractivity contribution in [3.8, 4) is 6.07 Å². The van der Waals surface area contributed by atoms with E-state index in [4.69, 9.17) is 16.6 Å². The first-order valence-electron chi connectivity index (χ1n) is 12.9. The maximum atomic E-state index is 12.7. The van der Waals surface area contributed by atoms with Crippen molar-refractivity contribution in [2.24, 2.45) is 0 Å². The van der Waals surface area contributed by atoms with Gasteiger partial charge in [0.2, 0.25) is 11.9 Å². The Bertz CT molecular complexity index is 1520. The summed E-state index contributed by atoms with van der Waals surface area (Å²) in [5.74, 6) is 0.503. The maximum Gasteiger partial charge on any atom is 0.247 e. The molecular formula is C27H29ClN10O. The number of nitriles is 1. The number of carbonyl (C=O) groups is 1. The second-order valence-electron chi connectivity index (χ2n) is 10.3. The number of amides is 1. The number of piperazine rings is 1. The molecule has 0 saturated carbocycles. The number of fused-ring (bicyclic) bond motifs is 1. The first kappa shape index (κ1) is 25.2. The average molecular weight is 545 g/mol. The molecule has 1 N–H and O–H groups in total. The van der Waals surface area contributed by atoms with E-state index < -0.39 is 0 Å². The quantitative estimate of drug-likeness (QED) is 0.378. The van der Waals surface area contributed by atoms with Crippen molar-refractivity contribution in [2.75, 3.05) is 56.5 Å². The second-order valence-corrected chi connectivity index (χ2v) is 10.7. The van der Waals surface area contributed by atoms with E-state index in [0.29, 0.717) is 36.2 Å². The highest BCUT2D eigenvalue weighted by Gasteiger charge is 2.45. The molecule has 2 aliphatic heterocycles. The third kappa shape index (κ3) is 5.01. The maximum absolute atomic E-state index is 12.7. The Morgan fingerprint density at radius 1 is 1.15 bits per heavy atom. The number of rotatable bonds is 7. The van der Waals surface area contributed by atoms with Crippen LogP contribution in [0, 0.1) is 11.3 Å². The van der Waals surface area contributed by atoms with Crippen molar-refractivity contribution in [2.45, 2.75) is 18.4 Å². The lowest BCUT2D eigenvalue weighted by Crippen LogP contribution is -2.59. The van der Waals surface area contributed by atoms with Crippen molar-refractivity contribution in [1.82, 2.24) is 34.2 Å². The molecule has 2 fully saturated rings. The number of hydrogen-bond donors (Lipinski definition) is 1. The van der Waals surface area contributed by atoms with Gasteiger partial charge in [0.15, 0.2) is 5.65 Å². The minimum absolute atomic E-state index is 0.0638. The number of benzene rings is 1. The molecule has 4 aromatic rings. The van der Waals surface area contributed by atoms with Gasteiger partial charge in [0.05, 0.1) is 23.6 Å². The van der Waals surface area contributed by atoms with E-state index in [9.17, 15) is 10.1 Å². The normalized spacial score (nSPS) is 17.2. The van der Waals surface area contributed by atoms with Crippen molar-refractivity contribution < 1.29 is 4.79 Å². The van der Waals surface area contributed by atoms with E-state index in [0.717, 1.165) is 43.1 Å². The van der Waals surface area contributed by atoms with Crippen LogP contribution in [0.1, 0.15) is 12.0 Å². The highest BCUT2D eigenvalue weighted by atomic mass is 35.5. The molecular weight excluding hydrogens is 516 g/mol. The molecule has 0 spiro atoms. The predicted octanol–water partition coefficient (Wildman–Crippen LogP) is 2.77. The highest BCUT2D eigenvalue weighted by molar-refractivity contribution is 6.30. The summed E-state index contributed by atoms with van der Waals surface area (Å²) in [6, 6.07) is 14.1. The van der Waals surface area contributed by atoms with Crippen LogP contribution in [0.4, 0.5) is 17.3 Å². The summed E-state index contributed by atoms with van der Waals surface area (Å²) >= 11 is 6.09. The number of likely N-dealkylation sites (N-methyl/N-ethyl adjacent to an activating group) is 1. The van der Waals surface area contributed by atoms with Crippen molar-refractivity contribution >= 4 is 40.5 Å². The van der Waals surface area contributed by atoms with Crippen molar-refractivity contribution in [1.29, 1.82) is 5.26 Å². The fourth-order valence-electron chi connectivity index (χ4n) is 5.34. The van der Waals surface area contributed by atoms with Crippen LogP contribution in [0.5, 0.6) is 0 Å². The van der Waals surface area contributed by atoms with Gasteiger partial charge < -0.3 is 20.0 Å². The smallest absolute Gasteiger partial charge is 0.247 e. The molecule has 1 aromatic carbocycles. The molecule has 2 aliphatic rings. The van der Waals surface area contributed by atoms with E-state index in [1.54, 1.807) is 21.6 Å². The molecule has 0 radical (unpaired) electrons. The van der Waals surface area contributed by atoms with Crippen LogP contribution < -0.4 is 10.2 Å². The zero-order chi connectivity index (χ0) is 27.0. The van der Waals surface area contributed by atoms with Crippen LogP contribution in [-0.2, 0) is 16.8 Å². The Morgan fingerprint density at radius 3 is 2.67 bits per heavy atom. The van der Waals surface area contributed by atoms with Crippen LogP contribution >= 0.6 is 11.6 Å².